The van der Waals surface area contributed by atoms with E-state index < -0.39 is 0 Å². The number of pyridine rings is 1. The van der Waals surface area contributed by atoms with Gasteiger partial charge in [0.25, 0.3) is 0 Å². The molecule has 0 radical (unpaired) electrons. The van der Waals surface area contributed by atoms with Crippen LogP contribution in [0.1, 0.15) is 38.8 Å². The van der Waals surface area contributed by atoms with Crippen molar-refractivity contribution >= 4 is 12.7 Å². The van der Waals surface area contributed by atoms with E-state index in [1.807, 2.05) is 40.0 Å². The van der Waals surface area contributed by atoms with Crippen LogP contribution < -0.4 is 5.59 Å². The van der Waals surface area contributed by atoms with Gasteiger partial charge in [0.05, 0.1) is 16.8 Å². The van der Waals surface area contributed by atoms with Crippen molar-refractivity contribution in [3.05, 3.63) is 23.4 Å². The highest BCUT2D eigenvalue weighted by Crippen LogP contribution is 2.36. The zero-order valence-electron chi connectivity index (χ0n) is 11.5. The van der Waals surface area contributed by atoms with Crippen LogP contribution in [-0.4, -0.2) is 23.3 Å². The quantitative estimate of drug-likeness (QED) is 0.695. The number of hydrogen-bond donors (Lipinski definition) is 0. The summed E-state index contributed by atoms with van der Waals surface area (Å²) >= 11 is 0. The summed E-state index contributed by atoms with van der Waals surface area (Å²) in [7, 11) is -0.362. The molecule has 2 rings (SSSR count). The lowest BCUT2D eigenvalue weighted by atomic mass is 9.83. The Kier molecular flexibility index (Phi) is 2.83. The van der Waals surface area contributed by atoms with Gasteiger partial charge >= 0.3 is 7.12 Å². The molecule has 1 saturated heterocycles. The van der Waals surface area contributed by atoms with Crippen LogP contribution in [0.3, 0.4) is 0 Å². The lowest BCUT2D eigenvalue weighted by Crippen LogP contribution is -2.41. The standard InChI is InChI=1S/C13H20BNO2/c1-9-7-11(15-8-10(9)2)14-16-12(3,4)13(5,6)17-14/h7-8H,1-6H3. The fraction of sp³-hybridized carbons (Fsp3) is 0.615. The Hall–Kier alpha value is -0.865. The van der Waals surface area contributed by atoms with Crippen molar-refractivity contribution in [2.75, 3.05) is 0 Å². The third kappa shape index (κ3) is 2.12. The average Bonchev–Trinajstić information content (AvgIpc) is 2.41. The van der Waals surface area contributed by atoms with E-state index in [2.05, 4.69) is 18.8 Å². The second kappa shape index (κ2) is 3.82. The van der Waals surface area contributed by atoms with Crippen molar-refractivity contribution in [1.29, 1.82) is 0 Å². The molecule has 1 aromatic heterocycles. The van der Waals surface area contributed by atoms with Gasteiger partial charge < -0.3 is 9.31 Å². The normalized spacial score (nSPS) is 21.9. The van der Waals surface area contributed by atoms with Gasteiger partial charge in [0.2, 0.25) is 0 Å². The minimum Gasteiger partial charge on any atom is -0.398 e. The molecular weight excluding hydrogens is 213 g/mol. The van der Waals surface area contributed by atoms with Gasteiger partial charge in [-0.05, 0) is 58.7 Å². The predicted octanol–water partition coefficient (Wildman–Crippen LogP) is 2.00. The lowest BCUT2D eigenvalue weighted by molar-refractivity contribution is 0.00578. The molecular formula is C13H20BNO2. The molecule has 0 bridgehead atoms. The molecule has 1 aromatic rings. The molecule has 0 spiro atoms. The maximum absolute atomic E-state index is 5.96. The summed E-state index contributed by atoms with van der Waals surface area (Å²) in [4.78, 5) is 4.40. The van der Waals surface area contributed by atoms with Gasteiger partial charge in [0, 0.05) is 6.20 Å². The van der Waals surface area contributed by atoms with Crippen LogP contribution in [0.15, 0.2) is 12.3 Å². The first kappa shape index (κ1) is 12.6. The molecule has 0 saturated carbocycles. The van der Waals surface area contributed by atoms with E-state index in [0.29, 0.717) is 0 Å². The fourth-order valence-corrected chi connectivity index (χ4v) is 1.74. The van der Waals surface area contributed by atoms with E-state index in [1.165, 1.54) is 11.1 Å². The zero-order valence-corrected chi connectivity index (χ0v) is 11.5. The monoisotopic (exact) mass is 233 g/mol. The van der Waals surface area contributed by atoms with Crippen LogP contribution >= 0.6 is 0 Å². The van der Waals surface area contributed by atoms with Crippen molar-refractivity contribution < 1.29 is 9.31 Å². The van der Waals surface area contributed by atoms with Gasteiger partial charge in [-0.2, -0.15) is 0 Å². The van der Waals surface area contributed by atoms with E-state index in [0.717, 1.165) is 5.59 Å². The minimum absolute atomic E-state index is 0.307. The number of rotatable bonds is 1. The van der Waals surface area contributed by atoms with Crippen LogP contribution in [0.25, 0.3) is 0 Å². The highest BCUT2D eigenvalue weighted by atomic mass is 16.7. The van der Waals surface area contributed by atoms with Crippen LogP contribution in [0.4, 0.5) is 0 Å². The maximum Gasteiger partial charge on any atom is 0.514 e. The second-order valence-electron chi connectivity index (χ2n) is 5.78. The third-order valence-corrected chi connectivity index (χ3v) is 3.89. The Morgan fingerprint density at radius 1 is 1.00 bits per heavy atom. The molecule has 4 heteroatoms. The number of aromatic nitrogens is 1. The predicted molar refractivity (Wildman–Crippen MR) is 69.4 cm³/mol. The first-order valence-corrected chi connectivity index (χ1v) is 6.02. The highest BCUT2D eigenvalue weighted by Gasteiger charge is 2.52. The Labute approximate surface area is 104 Å². The van der Waals surface area contributed by atoms with E-state index >= 15 is 0 Å². The van der Waals surface area contributed by atoms with Crippen molar-refractivity contribution in [2.45, 2.75) is 52.7 Å². The summed E-state index contributed by atoms with van der Waals surface area (Å²) in [5.41, 5.74) is 2.64. The van der Waals surface area contributed by atoms with Gasteiger partial charge in [-0.3, -0.25) is 4.98 Å². The van der Waals surface area contributed by atoms with E-state index in [4.69, 9.17) is 9.31 Å². The van der Waals surface area contributed by atoms with Crippen LogP contribution in [0.2, 0.25) is 0 Å². The average molecular weight is 233 g/mol. The molecule has 1 aliphatic heterocycles. The largest absolute Gasteiger partial charge is 0.514 e. The number of aryl methyl sites for hydroxylation is 2. The first-order chi connectivity index (χ1) is 7.73. The third-order valence-electron chi connectivity index (χ3n) is 3.89. The van der Waals surface area contributed by atoms with Crippen LogP contribution in [-0.2, 0) is 9.31 Å². The molecule has 0 unspecified atom stereocenters. The van der Waals surface area contributed by atoms with Crippen molar-refractivity contribution in [3.8, 4) is 0 Å². The number of hydrogen-bond acceptors (Lipinski definition) is 3. The van der Waals surface area contributed by atoms with Crippen LogP contribution in [0.5, 0.6) is 0 Å². The van der Waals surface area contributed by atoms with Crippen molar-refractivity contribution in [3.63, 3.8) is 0 Å². The number of nitrogens with zero attached hydrogens (tertiary/aromatic N) is 1. The molecule has 0 N–H and O–H groups in total. The smallest absolute Gasteiger partial charge is 0.398 e. The topological polar surface area (TPSA) is 31.4 Å². The van der Waals surface area contributed by atoms with Gasteiger partial charge in [0.1, 0.15) is 0 Å². The molecule has 92 valence electrons. The fourth-order valence-electron chi connectivity index (χ4n) is 1.74. The Bertz CT molecular complexity index is 427. The lowest BCUT2D eigenvalue weighted by Gasteiger charge is -2.32. The van der Waals surface area contributed by atoms with Gasteiger partial charge in [-0.15, -0.1) is 0 Å². The van der Waals surface area contributed by atoms with Gasteiger partial charge in [-0.1, -0.05) is 0 Å². The molecule has 1 fully saturated rings. The summed E-state index contributed by atoms with van der Waals surface area (Å²) in [5, 5.41) is 0. The molecule has 0 aliphatic carbocycles. The zero-order chi connectivity index (χ0) is 12.8. The molecule has 3 nitrogen and oxygen atoms in total. The van der Waals surface area contributed by atoms with Crippen molar-refractivity contribution in [2.24, 2.45) is 0 Å². The second-order valence-corrected chi connectivity index (χ2v) is 5.78. The molecule has 0 atom stereocenters. The summed E-state index contributed by atoms with van der Waals surface area (Å²) in [5.74, 6) is 0. The van der Waals surface area contributed by atoms with E-state index in [9.17, 15) is 0 Å². The molecule has 0 aromatic carbocycles. The van der Waals surface area contributed by atoms with E-state index in [1.54, 1.807) is 0 Å². The SMILES string of the molecule is Cc1cnc(B2OC(C)(C)C(C)(C)O2)cc1C. The van der Waals surface area contributed by atoms with E-state index in [-0.39, 0.29) is 18.3 Å². The van der Waals surface area contributed by atoms with Crippen LogP contribution in [0, 0.1) is 13.8 Å². The minimum atomic E-state index is -0.362. The van der Waals surface area contributed by atoms with Gasteiger partial charge in [0.15, 0.2) is 0 Å². The van der Waals surface area contributed by atoms with Gasteiger partial charge in [-0.25, -0.2) is 0 Å². The Morgan fingerprint density at radius 2 is 1.53 bits per heavy atom. The highest BCUT2D eigenvalue weighted by molar-refractivity contribution is 6.61. The molecule has 17 heavy (non-hydrogen) atoms. The Balaban J connectivity index is 2.29. The first-order valence-electron chi connectivity index (χ1n) is 6.02. The summed E-state index contributed by atoms with van der Waals surface area (Å²) in [6.07, 6.45) is 1.87. The summed E-state index contributed by atoms with van der Waals surface area (Å²) in [6, 6.07) is 2.04. The Morgan fingerprint density at radius 3 is 2.00 bits per heavy atom. The molecule has 0 amide bonds. The molecule has 2 heterocycles. The van der Waals surface area contributed by atoms with Crippen molar-refractivity contribution in [1.82, 2.24) is 4.98 Å². The summed E-state index contributed by atoms with van der Waals surface area (Å²) in [6.45, 7) is 12.3. The maximum atomic E-state index is 5.96. The summed E-state index contributed by atoms with van der Waals surface area (Å²) < 4.78 is 11.9. The molecule has 1 aliphatic rings.